The molecule has 0 unspecified atom stereocenters. The van der Waals surface area contributed by atoms with E-state index in [-0.39, 0.29) is 175 Å². The van der Waals surface area contributed by atoms with Crippen molar-refractivity contribution in [2.75, 3.05) is 0 Å². The van der Waals surface area contributed by atoms with Gasteiger partial charge in [-0.2, -0.15) is 0 Å². The van der Waals surface area contributed by atoms with E-state index in [9.17, 15) is 0 Å². The predicted octanol–water partition coefficient (Wildman–Crippen LogP) is -12.0. The monoisotopic (exact) mass is 472 g/mol. The topological polar surface area (TPSA) is 0 Å². The fourth-order valence-electron chi connectivity index (χ4n) is 0. The predicted molar refractivity (Wildman–Crippen MR) is 0 cm³/mol. The average molecular weight is 472 g/mol. The Bertz CT molecular complexity index is 6.00. The van der Waals surface area contributed by atoms with Gasteiger partial charge in [0.2, 0.25) is 0 Å². The van der Waals surface area contributed by atoms with Gasteiger partial charge in [0, 0.05) is 0 Å². The van der Waals surface area contributed by atoms with Crippen LogP contribution in [0.2, 0.25) is 0 Å². The summed E-state index contributed by atoms with van der Waals surface area (Å²) in [5.74, 6) is 0. The molecular weight excluding hydrogens is 472 g/mol. The van der Waals surface area contributed by atoms with Crippen LogP contribution in [0.25, 0.3) is 0 Å². The Morgan fingerprint density at radius 3 is 0.750 bits per heavy atom. The van der Waals surface area contributed by atoms with E-state index in [0.29, 0.717) is 0 Å². The van der Waals surface area contributed by atoms with E-state index in [4.69, 9.17) is 0 Å². The fraction of sp³-hybridized carbons (Fsp3) is 0. The molecule has 0 N–H and O–H groups in total. The second kappa shape index (κ2) is 15.8. The molecule has 0 bridgehead atoms. The first kappa shape index (κ1) is 22.8. The van der Waals surface area contributed by atoms with Gasteiger partial charge in [-0.3, -0.25) is 0 Å². The third-order valence-corrected chi connectivity index (χ3v) is 0. The third-order valence-electron chi connectivity index (χ3n) is 0. The van der Waals surface area contributed by atoms with Crippen LogP contribution in [0.5, 0.6) is 0 Å². The van der Waals surface area contributed by atoms with Crippen molar-refractivity contribution >= 4 is 0 Å². The Hall–Kier alpha value is 5.32. The molecule has 4 heteroatoms. The fourth-order valence-corrected chi connectivity index (χ4v) is 0. The van der Waals surface area contributed by atoms with Crippen LogP contribution >= 0.6 is 0 Å². The van der Waals surface area contributed by atoms with Crippen molar-refractivity contribution in [3.63, 3.8) is 0 Å². The summed E-state index contributed by atoms with van der Waals surface area (Å²) in [6, 6.07) is 0. The Morgan fingerprint density at radius 2 is 0.750 bits per heavy atom. The Kier molecular flexibility index (Phi) is 89.8. The Labute approximate surface area is 168 Å². The van der Waals surface area contributed by atoms with E-state index in [0.717, 1.165) is 0 Å². The van der Waals surface area contributed by atoms with Crippen LogP contribution in [0.3, 0.4) is 0 Å². The first-order chi connectivity index (χ1) is 0. The molecule has 0 amide bonds. The van der Waals surface area contributed by atoms with Crippen molar-refractivity contribution in [2.24, 2.45) is 0 Å². The zero-order valence-electron chi connectivity index (χ0n) is 2.76. The van der Waals surface area contributed by atoms with Crippen molar-refractivity contribution in [3.05, 3.63) is 0 Å². The second-order valence-electron chi connectivity index (χ2n) is 0. The summed E-state index contributed by atoms with van der Waals surface area (Å²) in [7, 11) is 0. The molecule has 0 aliphatic carbocycles. The van der Waals surface area contributed by atoms with E-state index < -0.39 is 0 Å². The normalized spacial score (nSPS) is 0. The molecule has 0 radical (unpaired) electrons. The largest absolute Gasteiger partial charge is 1.00 e. The molecule has 4 heavy (non-hydrogen) atoms. The summed E-state index contributed by atoms with van der Waals surface area (Å²) in [6.07, 6.45) is 0. The van der Waals surface area contributed by atoms with E-state index in [2.05, 4.69) is 0 Å². The molecule has 0 heterocycles. The molecule has 0 aromatic carbocycles. The van der Waals surface area contributed by atoms with Crippen LogP contribution in [0.4, 0.5) is 0 Å². The van der Waals surface area contributed by atoms with Gasteiger partial charge in [0.1, 0.15) is 0 Å². The third kappa shape index (κ3) is 10.3. The minimum absolute atomic E-state index is 0. The molecule has 0 aliphatic rings. The van der Waals surface area contributed by atoms with Crippen molar-refractivity contribution in [1.82, 2.24) is 0 Å². The van der Waals surface area contributed by atoms with Crippen molar-refractivity contribution in [1.29, 1.82) is 0 Å². The van der Waals surface area contributed by atoms with Crippen molar-refractivity contribution in [3.8, 4) is 0 Å². The van der Waals surface area contributed by atoms with Crippen LogP contribution < -0.4 is 175 Å². The summed E-state index contributed by atoms with van der Waals surface area (Å²) < 4.78 is 0. The van der Waals surface area contributed by atoms with Crippen LogP contribution in [0.15, 0.2) is 0 Å². The van der Waals surface area contributed by atoms with Gasteiger partial charge in [0.15, 0.2) is 0 Å². The molecule has 0 nitrogen and oxygen atoms in total. The van der Waals surface area contributed by atoms with Crippen LogP contribution in [0.1, 0.15) is 0 Å². The summed E-state index contributed by atoms with van der Waals surface area (Å²) >= 11 is 0. The number of halogens is 2. The van der Waals surface area contributed by atoms with E-state index in [1.807, 2.05) is 0 Å². The average Bonchev–Trinajstić information content (AvgIpc) is 0. The molecule has 0 aromatic heterocycles. The summed E-state index contributed by atoms with van der Waals surface area (Å²) in [5.41, 5.74) is 0. The summed E-state index contributed by atoms with van der Waals surface area (Å²) in [6.45, 7) is 0. The zero-order chi connectivity index (χ0) is 0. The van der Waals surface area contributed by atoms with Gasteiger partial charge >= 0.3 is 127 Å². The molecule has 0 aliphatic heterocycles. The van der Waals surface area contributed by atoms with E-state index in [1.54, 1.807) is 0 Å². The smallest absolute Gasteiger partial charge is 1.00 e. The molecule has 0 saturated heterocycles. The van der Waals surface area contributed by atoms with Gasteiger partial charge in [-0.1, -0.05) is 0 Å². The van der Waals surface area contributed by atoms with Crippen LogP contribution in [-0.2, 0) is 0 Å². The maximum atomic E-state index is 0. The Morgan fingerprint density at radius 1 is 0.750 bits per heavy atom. The molecule has 0 saturated carbocycles. The molecule has 0 spiro atoms. The summed E-state index contributed by atoms with van der Waals surface area (Å²) in [4.78, 5) is 0. The first-order valence-corrected chi connectivity index (χ1v) is 0. The number of hydrogen-bond donors (Lipinski definition) is 0. The van der Waals surface area contributed by atoms with Crippen molar-refractivity contribution < 1.29 is 175 Å². The van der Waals surface area contributed by atoms with Gasteiger partial charge in [0.05, 0.1) is 0 Å². The molecule has 16 valence electrons. The second-order valence-corrected chi connectivity index (χ2v) is 0. The molecule has 0 fully saturated rings. The zero-order valence-corrected chi connectivity index (χ0v) is 18.3. The molecule has 0 rings (SSSR count). The van der Waals surface area contributed by atoms with Gasteiger partial charge in [-0.15, -0.1) is 0 Å². The summed E-state index contributed by atoms with van der Waals surface area (Å²) in [5, 5.41) is 0. The van der Waals surface area contributed by atoms with Gasteiger partial charge < -0.3 is 48.0 Å². The quantitative estimate of drug-likeness (QED) is 0.308. The minimum Gasteiger partial charge on any atom is -1.00 e. The minimum atomic E-state index is 0. The van der Waals surface area contributed by atoms with E-state index in [1.165, 1.54) is 0 Å². The maximum Gasteiger partial charge on any atom is 1.00 e. The number of hydrogen-bond acceptors (Lipinski definition) is 0. The van der Waals surface area contributed by atoms with Crippen LogP contribution in [0, 0.1) is 0 Å². The molecular formula is CsI2Rb. The van der Waals surface area contributed by atoms with Gasteiger partial charge in [0.25, 0.3) is 0 Å². The molecule has 0 atom stereocenters. The Balaban J connectivity index is 0. The van der Waals surface area contributed by atoms with Crippen LogP contribution in [-0.4, -0.2) is 0 Å². The molecule has 0 aromatic rings. The van der Waals surface area contributed by atoms with Crippen molar-refractivity contribution in [2.45, 2.75) is 0 Å². The standard InChI is InChI=1S/Cs.2HI.Rb/h;2*1H;/q+1;;;+1/p-2. The SMILES string of the molecule is [Cs+].[I-].[I-].[Rb+]. The van der Waals surface area contributed by atoms with Gasteiger partial charge in [-0.05, 0) is 0 Å². The number of rotatable bonds is 0. The first-order valence-electron chi connectivity index (χ1n) is 0. The van der Waals surface area contributed by atoms with E-state index >= 15 is 0 Å². The van der Waals surface area contributed by atoms with Gasteiger partial charge in [-0.25, -0.2) is 0 Å². The maximum absolute atomic E-state index is 0.